The van der Waals surface area contributed by atoms with Crippen molar-refractivity contribution in [2.24, 2.45) is 0 Å². The van der Waals surface area contributed by atoms with Crippen molar-refractivity contribution >= 4 is 22.6 Å². The summed E-state index contributed by atoms with van der Waals surface area (Å²) in [7, 11) is 0. The molecule has 1 unspecified atom stereocenters. The summed E-state index contributed by atoms with van der Waals surface area (Å²) in [4.78, 5) is 0. The first-order chi connectivity index (χ1) is 8.83. The number of hydrogen-bond acceptors (Lipinski definition) is 2. The predicted octanol–water partition coefficient (Wildman–Crippen LogP) is 4.03. The third-order valence-electron chi connectivity index (χ3n) is 3.15. The van der Waals surface area contributed by atoms with Gasteiger partial charge in [0.05, 0.1) is 18.9 Å². The van der Waals surface area contributed by atoms with Gasteiger partial charge in [0.25, 0.3) is 0 Å². The first kappa shape index (κ1) is 13.9. The molecule has 0 radical (unpaired) electrons. The van der Waals surface area contributed by atoms with Gasteiger partial charge in [0.15, 0.2) is 0 Å². The largest absolute Gasteiger partial charge is 0.501 e. The average molecular weight is 357 g/mol. The Kier molecular flexibility index (Phi) is 5.50. The Labute approximate surface area is 123 Å². The summed E-state index contributed by atoms with van der Waals surface area (Å²) < 4.78 is 6.81. The Morgan fingerprint density at radius 2 is 2.22 bits per heavy atom. The highest BCUT2D eigenvalue weighted by Crippen LogP contribution is 2.30. The molecule has 0 amide bonds. The normalized spacial score (nSPS) is 16.9. The van der Waals surface area contributed by atoms with Crippen molar-refractivity contribution in [1.29, 1.82) is 0 Å². The van der Waals surface area contributed by atoms with Crippen LogP contribution in [0.4, 0.5) is 0 Å². The first-order valence-corrected chi connectivity index (χ1v) is 7.69. The highest BCUT2D eigenvalue weighted by Gasteiger charge is 2.20. The fourth-order valence-electron chi connectivity index (χ4n) is 2.24. The summed E-state index contributed by atoms with van der Waals surface area (Å²) in [6.07, 6.45) is 5.36. The van der Waals surface area contributed by atoms with Gasteiger partial charge in [-0.3, -0.25) is 0 Å². The predicted molar refractivity (Wildman–Crippen MR) is 83.5 cm³/mol. The van der Waals surface area contributed by atoms with Gasteiger partial charge in [0.2, 0.25) is 0 Å². The van der Waals surface area contributed by atoms with Crippen LogP contribution in [0.25, 0.3) is 0 Å². The lowest BCUT2D eigenvalue weighted by atomic mass is 9.95. The van der Waals surface area contributed by atoms with Gasteiger partial charge >= 0.3 is 0 Å². The van der Waals surface area contributed by atoms with Gasteiger partial charge in [0, 0.05) is 3.57 Å². The van der Waals surface area contributed by atoms with Crippen LogP contribution >= 0.6 is 22.6 Å². The van der Waals surface area contributed by atoms with Crippen molar-refractivity contribution in [3.8, 4) is 0 Å². The molecule has 1 atom stereocenters. The van der Waals surface area contributed by atoms with Gasteiger partial charge < -0.3 is 10.1 Å². The van der Waals surface area contributed by atoms with Crippen LogP contribution in [-0.2, 0) is 4.74 Å². The van der Waals surface area contributed by atoms with Crippen molar-refractivity contribution < 1.29 is 4.74 Å². The molecule has 0 spiro atoms. The van der Waals surface area contributed by atoms with E-state index in [1.807, 2.05) is 6.26 Å². The Bertz CT molecular complexity index is 417. The number of nitrogens with one attached hydrogen (secondary N) is 1. The summed E-state index contributed by atoms with van der Waals surface area (Å²) in [5.41, 5.74) is 2.74. The second-order valence-corrected chi connectivity index (χ2v) is 5.74. The molecular weight excluding hydrogens is 337 g/mol. The van der Waals surface area contributed by atoms with Gasteiger partial charge in [-0.25, -0.2) is 0 Å². The Morgan fingerprint density at radius 1 is 1.39 bits per heavy atom. The van der Waals surface area contributed by atoms with Crippen LogP contribution in [0.5, 0.6) is 0 Å². The summed E-state index contributed by atoms with van der Waals surface area (Å²) >= 11 is 2.42. The van der Waals surface area contributed by atoms with E-state index in [4.69, 9.17) is 4.74 Å². The van der Waals surface area contributed by atoms with Crippen LogP contribution in [0.2, 0.25) is 0 Å². The number of rotatable bonds is 5. The van der Waals surface area contributed by atoms with E-state index in [0.717, 1.165) is 32.4 Å². The van der Waals surface area contributed by atoms with Gasteiger partial charge in [-0.05, 0) is 65.6 Å². The lowest BCUT2D eigenvalue weighted by Crippen LogP contribution is -2.26. The summed E-state index contributed by atoms with van der Waals surface area (Å²) in [6.45, 7) is 4.09. The zero-order valence-corrected chi connectivity index (χ0v) is 12.9. The molecule has 2 nitrogen and oxygen atoms in total. The lowest BCUT2D eigenvalue weighted by Gasteiger charge is -2.25. The number of halogens is 1. The Balaban J connectivity index is 2.24. The Morgan fingerprint density at radius 3 is 2.89 bits per heavy atom. The fraction of sp³-hybridized carbons (Fsp3) is 0.467. The molecule has 0 fully saturated rings. The molecule has 1 N–H and O–H groups in total. The van der Waals surface area contributed by atoms with E-state index in [1.54, 1.807) is 0 Å². The van der Waals surface area contributed by atoms with Crippen LogP contribution in [0.15, 0.2) is 36.1 Å². The topological polar surface area (TPSA) is 21.3 Å². The first-order valence-electron chi connectivity index (χ1n) is 6.61. The molecule has 1 aliphatic heterocycles. The van der Waals surface area contributed by atoms with E-state index in [9.17, 15) is 0 Å². The molecule has 0 saturated heterocycles. The maximum absolute atomic E-state index is 5.50. The molecular formula is C15H20INO. The van der Waals surface area contributed by atoms with Crippen molar-refractivity contribution in [2.75, 3.05) is 13.2 Å². The standard InChI is InChI=1S/C15H20INO/c1-2-9-17-15(12-6-5-10-18-11-12)13-7-3-4-8-14(13)16/h3-4,7-8,11,15,17H,2,5-6,9-10H2,1H3. The smallest absolute Gasteiger partial charge is 0.0876 e. The van der Waals surface area contributed by atoms with E-state index >= 15 is 0 Å². The van der Waals surface area contributed by atoms with Crippen LogP contribution < -0.4 is 5.32 Å². The minimum Gasteiger partial charge on any atom is -0.501 e. The van der Waals surface area contributed by atoms with Crippen LogP contribution in [0.1, 0.15) is 37.8 Å². The molecule has 0 aliphatic carbocycles. The molecule has 1 aliphatic rings. The van der Waals surface area contributed by atoms with Crippen molar-refractivity contribution in [3.05, 3.63) is 45.2 Å². The van der Waals surface area contributed by atoms with Gasteiger partial charge in [0.1, 0.15) is 0 Å². The highest BCUT2D eigenvalue weighted by atomic mass is 127. The number of hydrogen-bond donors (Lipinski definition) is 1. The Hall–Kier alpha value is -0.550. The van der Waals surface area contributed by atoms with Crippen LogP contribution in [0, 0.1) is 3.57 Å². The summed E-state index contributed by atoms with van der Waals surface area (Å²) in [5.74, 6) is 0. The van der Waals surface area contributed by atoms with Crippen molar-refractivity contribution in [1.82, 2.24) is 5.32 Å². The highest BCUT2D eigenvalue weighted by molar-refractivity contribution is 14.1. The summed E-state index contributed by atoms with van der Waals surface area (Å²) in [5, 5.41) is 3.64. The van der Waals surface area contributed by atoms with E-state index in [2.05, 4.69) is 59.1 Å². The van der Waals surface area contributed by atoms with Crippen LogP contribution in [-0.4, -0.2) is 13.2 Å². The van der Waals surface area contributed by atoms with Gasteiger partial charge in [-0.1, -0.05) is 25.1 Å². The average Bonchev–Trinajstić information content (AvgIpc) is 2.42. The number of ether oxygens (including phenoxy) is 1. The molecule has 3 heteroatoms. The van der Waals surface area contributed by atoms with Gasteiger partial charge in [-0.15, -0.1) is 0 Å². The minimum atomic E-state index is 0.304. The second-order valence-electron chi connectivity index (χ2n) is 4.58. The monoisotopic (exact) mass is 357 g/mol. The SMILES string of the molecule is CCCNC(C1=COCCC1)c1ccccc1I. The molecule has 0 bridgehead atoms. The lowest BCUT2D eigenvalue weighted by molar-refractivity contribution is 0.219. The number of benzene rings is 1. The quantitative estimate of drug-likeness (QED) is 0.804. The zero-order chi connectivity index (χ0) is 12.8. The van der Waals surface area contributed by atoms with Crippen molar-refractivity contribution in [2.45, 2.75) is 32.2 Å². The van der Waals surface area contributed by atoms with E-state index < -0.39 is 0 Å². The maximum Gasteiger partial charge on any atom is 0.0876 e. The minimum absolute atomic E-state index is 0.304. The maximum atomic E-state index is 5.50. The third-order valence-corrected chi connectivity index (χ3v) is 4.13. The molecule has 1 aromatic carbocycles. The van der Waals surface area contributed by atoms with E-state index in [1.165, 1.54) is 14.7 Å². The zero-order valence-electron chi connectivity index (χ0n) is 10.8. The molecule has 18 heavy (non-hydrogen) atoms. The summed E-state index contributed by atoms with van der Waals surface area (Å²) in [6, 6.07) is 8.89. The molecule has 98 valence electrons. The van der Waals surface area contributed by atoms with Crippen LogP contribution in [0.3, 0.4) is 0 Å². The second kappa shape index (κ2) is 7.14. The molecule has 0 saturated carbocycles. The molecule has 0 aromatic heterocycles. The third kappa shape index (κ3) is 3.48. The van der Waals surface area contributed by atoms with Gasteiger partial charge in [-0.2, -0.15) is 0 Å². The fourth-order valence-corrected chi connectivity index (χ4v) is 2.93. The molecule has 2 rings (SSSR count). The van der Waals surface area contributed by atoms with E-state index in [0.29, 0.717) is 6.04 Å². The molecule has 1 aromatic rings. The van der Waals surface area contributed by atoms with E-state index in [-0.39, 0.29) is 0 Å². The van der Waals surface area contributed by atoms with Crippen molar-refractivity contribution in [3.63, 3.8) is 0 Å². The molecule has 1 heterocycles.